The zero-order chi connectivity index (χ0) is 22.9. The SMILES string of the molecule is COc1ccc(C(=O)c2ccc3n2C(Cl)CC3c2ccccc2NS(=O)(=O)CCO)cc1. The lowest BCUT2D eigenvalue weighted by Crippen LogP contribution is -2.20. The van der Waals surface area contributed by atoms with E-state index in [1.807, 2.05) is 22.8 Å². The summed E-state index contributed by atoms with van der Waals surface area (Å²) in [4.78, 5) is 13.1. The van der Waals surface area contributed by atoms with Gasteiger partial charge in [-0.3, -0.25) is 9.52 Å². The number of ketones is 1. The van der Waals surface area contributed by atoms with E-state index in [9.17, 15) is 13.2 Å². The number of carbonyl (C=O) groups excluding carboxylic acids is 1. The lowest BCUT2D eigenvalue weighted by Gasteiger charge is -2.16. The van der Waals surface area contributed by atoms with Crippen LogP contribution in [0.2, 0.25) is 0 Å². The minimum atomic E-state index is -3.68. The van der Waals surface area contributed by atoms with Crippen molar-refractivity contribution < 1.29 is 23.1 Å². The van der Waals surface area contributed by atoms with Crippen molar-refractivity contribution in [1.29, 1.82) is 0 Å². The summed E-state index contributed by atoms with van der Waals surface area (Å²) < 4.78 is 34.0. The maximum Gasteiger partial charge on any atom is 0.234 e. The molecule has 168 valence electrons. The van der Waals surface area contributed by atoms with Gasteiger partial charge in [-0.1, -0.05) is 29.8 Å². The second-order valence-electron chi connectivity index (χ2n) is 7.53. The Balaban J connectivity index is 1.69. The summed E-state index contributed by atoms with van der Waals surface area (Å²) in [6.45, 7) is -0.468. The third-order valence-electron chi connectivity index (χ3n) is 5.56. The van der Waals surface area contributed by atoms with Crippen LogP contribution in [0, 0.1) is 0 Å². The van der Waals surface area contributed by atoms with Crippen molar-refractivity contribution in [3.63, 3.8) is 0 Å². The van der Waals surface area contributed by atoms with Crippen LogP contribution in [0.1, 0.15) is 45.1 Å². The van der Waals surface area contributed by atoms with Crippen molar-refractivity contribution in [2.45, 2.75) is 17.8 Å². The van der Waals surface area contributed by atoms with E-state index >= 15 is 0 Å². The number of fused-ring (bicyclic) bond motifs is 1. The average molecular weight is 475 g/mol. The van der Waals surface area contributed by atoms with Crippen molar-refractivity contribution >= 4 is 33.1 Å². The Morgan fingerprint density at radius 1 is 1.16 bits per heavy atom. The molecule has 0 amide bonds. The van der Waals surface area contributed by atoms with Crippen molar-refractivity contribution in [2.75, 3.05) is 24.2 Å². The highest BCUT2D eigenvalue weighted by molar-refractivity contribution is 7.92. The van der Waals surface area contributed by atoms with Gasteiger partial charge in [-0.2, -0.15) is 0 Å². The Kier molecular flexibility index (Phi) is 6.28. The lowest BCUT2D eigenvalue weighted by atomic mass is 9.93. The van der Waals surface area contributed by atoms with Gasteiger partial charge in [0.2, 0.25) is 15.8 Å². The molecule has 2 N–H and O–H groups in total. The number of aliphatic hydroxyl groups excluding tert-OH is 1. The highest BCUT2D eigenvalue weighted by Crippen LogP contribution is 2.46. The molecule has 7 nitrogen and oxygen atoms in total. The van der Waals surface area contributed by atoms with Crippen molar-refractivity contribution in [3.8, 4) is 5.75 Å². The molecule has 2 atom stereocenters. The number of nitrogens with one attached hydrogen (secondary N) is 1. The highest BCUT2D eigenvalue weighted by atomic mass is 35.5. The molecule has 3 aromatic rings. The smallest absolute Gasteiger partial charge is 0.234 e. The highest BCUT2D eigenvalue weighted by Gasteiger charge is 2.35. The van der Waals surface area contributed by atoms with Gasteiger partial charge in [0.05, 0.1) is 30.9 Å². The van der Waals surface area contributed by atoms with Gasteiger partial charge < -0.3 is 14.4 Å². The quantitative estimate of drug-likeness (QED) is 0.383. The van der Waals surface area contributed by atoms with Crippen LogP contribution in [0.4, 0.5) is 5.69 Å². The van der Waals surface area contributed by atoms with E-state index in [4.69, 9.17) is 21.4 Å². The number of carbonyl (C=O) groups is 1. The number of benzene rings is 2. The molecule has 1 aliphatic rings. The fourth-order valence-corrected chi connectivity index (χ4v) is 5.33. The Morgan fingerprint density at radius 2 is 1.88 bits per heavy atom. The van der Waals surface area contributed by atoms with Gasteiger partial charge in [-0.15, -0.1) is 0 Å². The number of sulfonamides is 1. The summed E-state index contributed by atoms with van der Waals surface area (Å²) in [5, 5.41) is 9.02. The number of rotatable bonds is 8. The number of anilines is 1. The number of ether oxygens (including phenoxy) is 1. The third-order valence-corrected chi connectivity index (χ3v) is 7.19. The predicted octanol–water partition coefficient (Wildman–Crippen LogP) is 3.73. The van der Waals surface area contributed by atoms with Crippen LogP contribution in [-0.4, -0.2) is 43.3 Å². The van der Waals surface area contributed by atoms with Crippen molar-refractivity contribution in [2.24, 2.45) is 0 Å². The normalized spacial score (nSPS) is 17.7. The molecule has 2 unspecified atom stereocenters. The summed E-state index contributed by atoms with van der Waals surface area (Å²) in [7, 11) is -2.12. The van der Waals surface area contributed by atoms with Gasteiger partial charge in [0.15, 0.2) is 0 Å². The summed E-state index contributed by atoms with van der Waals surface area (Å²) in [6.07, 6.45) is 0.513. The molecule has 0 spiro atoms. The zero-order valence-corrected chi connectivity index (χ0v) is 18.9. The largest absolute Gasteiger partial charge is 0.497 e. The predicted molar refractivity (Wildman–Crippen MR) is 123 cm³/mol. The minimum absolute atomic E-state index is 0.151. The van der Waals surface area contributed by atoms with Crippen LogP contribution in [0.3, 0.4) is 0 Å². The van der Waals surface area contributed by atoms with Crippen LogP contribution in [-0.2, 0) is 10.0 Å². The molecule has 9 heteroatoms. The molecule has 0 bridgehead atoms. The molecule has 2 aromatic carbocycles. The number of alkyl halides is 1. The van der Waals surface area contributed by atoms with Gasteiger partial charge in [0.25, 0.3) is 0 Å². The van der Waals surface area contributed by atoms with E-state index in [0.29, 0.717) is 29.1 Å². The van der Waals surface area contributed by atoms with Crippen LogP contribution < -0.4 is 9.46 Å². The van der Waals surface area contributed by atoms with Crippen LogP contribution in [0.25, 0.3) is 0 Å². The summed E-state index contributed by atoms with van der Waals surface area (Å²) >= 11 is 6.67. The van der Waals surface area contributed by atoms with Gasteiger partial charge in [-0.05, 0) is 54.4 Å². The van der Waals surface area contributed by atoms with E-state index in [2.05, 4.69) is 4.72 Å². The summed E-state index contributed by atoms with van der Waals surface area (Å²) in [6, 6.07) is 17.6. The Bertz CT molecular complexity index is 1240. The van der Waals surface area contributed by atoms with Gasteiger partial charge in [-0.25, -0.2) is 8.42 Å². The molecule has 4 rings (SSSR count). The number of hydrogen-bond acceptors (Lipinski definition) is 5. The number of para-hydroxylation sites is 1. The van der Waals surface area contributed by atoms with Crippen LogP contribution in [0.5, 0.6) is 5.75 Å². The molecule has 0 aliphatic carbocycles. The zero-order valence-electron chi connectivity index (χ0n) is 17.4. The van der Waals surface area contributed by atoms with Crippen LogP contribution >= 0.6 is 11.6 Å². The molecule has 2 heterocycles. The minimum Gasteiger partial charge on any atom is -0.497 e. The van der Waals surface area contributed by atoms with E-state index < -0.39 is 22.1 Å². The Labute approximate surface area is 191 Å². The number of nitrogens with zero attached hydrogens (tertiary/aromatic N) is 1. The molecular formula is C23H23ClN2O5S. The molecule has 0 radical (unpaired) electrons. The number of aromatic nitrogens is 1. The third kappa shape index (κ3) is 4.26. The second kappa shape index (κ2) is 8.97. The summed E-state index contributed by atoms with van der Waals surface area (Å²) in [5.41, 5.74) is 2.59. The van der Waals surface area contributed by atoms with E-state index in [1.54, 1.807) is 49.6 Å². The first-order chi connectivity index (χ1) is 15.3. The Hall–Kier alpha value is -2.81. The first kappa shape index (κ1) is 22.4. The molecule has 32 heavy (non-hydrogen) atoms. The topological polar surface area (TPSA) is 97.6 Å². The van der Waals surface area contributed by atoms with Gasteiger partial charge >= 0.3 is 0 Å². The molecule has 1 aromatic heterocycles. The molecular weight excluding hydrogens is 452 g/mol. The van der Waals surface area contributed by atoms with E-state index in [-0.39, 0.29) is 17.5 Å². The van der Waals surface area contributed by atoms with Gasteiger partial charge in [0, 0.05) is 17.2 Å². The van der Waals surface area contributed by atoms with Crippen molar-refractivity contribution in [1.82, 2.24) is 4.57 Å². The van der Waals surface area contributed by atoms with Crippen LogP contribution in [0.15, 0.2) is 60.7 Å². The van der Waals surface area contributed by atoms with E-state index in [1.165, 1.54) is 0 Å². The monoisotopic (exact) mass is 474 g/mol. The number of halogens is 1. The maximum atomic E-state index is 13.1. The van der Waals surface area contributed by atoms with Crippen molar-refractivity contribution in [3.05, 3.63) is 83.2 Å². The fourth-order valence-electron chi connectivity index (χ4n) is 4.08. The standard InChI is InChI=1S/C23H23ClN2O5S/c1-31-16-8-6-15(7-9-16)23(28)21-11-10-20-18(14-22(24)26(20)21)17-4-2-3-5-19(17)25-32(29,30)13-12-27/h2-11,18,22,25,27H,12-14H2,1H3. The average Bonchev–Trinajstić information content (AvgIpc) is 3.35. The number of aliphatic hydroxyl groups is 1. The molecule has 1 aliphatic heterocycles. The van der Waals surface area contributed by atoms with Gasteiger partial charge in [0.1, 0.15) is 11.3 Å². The lowest BCUT2D eigenvalue weighted by molar-refractivity contribution is 0.103. The number of hydrogen-bond donors (Lipinski definition) is 2. The first-order valence-electron chi connectivity index (χ1n) is 10.1. The second-order valence-corrected chi connectivity index (χ2v) is 9.87. The first-order valence-corrected chi connectivity index (χ1v) is 12.2. The molecule has 0 fully saturated rings. The molecule has 0 saturated carbocycles. The number of methoxy groups -OCH3 is 1. The summed E-state index contributed by atoms with van der Waals surface area (Å²) in [5.74, 6) is -0.0661. The molecule has 0 saturated heterocycles. The van der Waals surface area contributed by atoms with E-state index in [0.717, 1.165) is 11.3 Å². The fraction of sp³-hybridized carbons (Fsp3) is 0.261. The Morgan fingerprint density at radius 3 is 2.56 bits per heavy atom. The maximum absolute atomic E-state index is 13.1.